The van der Waals surface area contributed by atoms with Crippen LogP contribution in [0.3, 0.4) is 0 Å². The zero-order valence-electron chi connectivity index (χ0n) is 18.1. The number of thiazole rings is 1. The summed E-state index contributed by atoms with van der Waals surface area (Å²) in [6.07, 6.45) is 0.528. The lowest BCUT2D eigenvalue weighted by molar-refractivity contribution is -0.192. The Hall–Kier alpha value is -2.44. The largest absolute Gasteiger partial charge is 0.490 e. The molecule has 2 aliphatic heterocycles. The van der Waals surface area contributed by atoms with Crippen LogP contribution >= 0.6 is 11.3 Å². The van der Waals surface area contributed by atoms with Gasteiger partial charge in [0, 0.05) is 37.7 Å². The Labute approximate surface area is 192 Å². The predicted octanol–water partition coefficient (Wildman–Crippen LogP) is 3.37. The van der Waals surface area contributed by atoms with Crippen molar-refractivity contribution in [2.75, 3.05) is 39.9 Å². The van der Waals surface area contributed by atoms with Crippen molar-refractivity contribution in [3.8, 4) is 0 Å². The van der Waals surface area contributed by atoms with Crippen LogP contribution < -0.4 is 0 Å². The Morgan fingerprint density at radius 2 is 2.06 bits per heavy atom. The monoisotopic (exact) mass is 489 g/mol. The molecular formula is C21H26F3N3O5S. The van der Waals surface area contributed by atoms with Crippen molar-refractivity contribution >= 4 is 23.2 Å². The topological polar surface area (TPSA) is 96.1 Å². The molecule has 4 heterocycles. The molecule has 1 spiro atoms. The number of ether oxygens (including phenoxy) is 1. The van der Waals surface area contributed by atoms with E-state index in [4.69, 9.17) is 19.1 Å². The van der Waals surface area contributed by atoms with E-state index in [2.05, 4.69) is 9.88 Å². The second kappa shape index (κ2) is 10.7. The summed E-state index contributed by atoms with van der Waals surface area (Å²) < 4.78 is 42.6. The van der Waals surface area contributed by atoms with Gasteiger partial charge in [-0.05, 0) is 43.5 Å². The highest BCUT2D eigenvalue weighted by Crippen LogP contribution is 2.45. The third-order valence-corrected chi connectivity index (χ3v) is 6.90. The van der Waals surface area contributed by atoms with Gasteiger partial charge in [0.25, 0.3) is 5.91 Å². The maximum atomic E-state index is 12.7. The fraction of sp³-hybridized carbons (Fsp3) is 0.571. The highest BCUT2D eigenvalue weighted by molar-refractivity contribution is 7.09. The van der Waals surface area contributed by atoms with E-state index in [1.54, 1.807) is 36.8 Å². The van der Waals surface area contributed by atoms with Gasteiger partial charge < -0.3 is 19.2 Å². The Balaban J connectivity index is 0.000000383. The summed E-state index contributed by atoms with van der Waals surface area (Å²) in [4.78, 5) is 30.5. The van der Waals surface area contributed by atoms with Crippen LogP contribution in [0.2, 0.25) is 0 Å². The minimum absolute atomic E-state index is 0.00167. The first kappa shape index (κ1) is 25.2. The van der Waals surface area contributed by atoms with Crippen molar-refractivity contribution in [2.45, 2.75) is 25.6 Å². The van der Waals surface area contributed by atoms with Crippen LogP contribution in [0.25, 0.3) is 0 Å². The number of carboxylic acid groups (broad SMARTS) is 1. The van der Waals surface area contributed by atoms with Gasteiger partial charge in [-0.15, -0.1) is 11.3 Å². The quantitative estimate of drug-likeness (QED) is 0.688. The number of aliphatic carboxylic acids is 1. The molecule has 0 aliphatic carbocycles. The van der Waals surface area contributed by atoms with Crippen LogP contribution in [-0.2, 0) is 16.1 Å². The van der Waals surface area contributed by atoms with Gasteiger partial charge in [0.05, 0.1) is 19.4 Å². The number of hydrogen-bond acceptors (Lipinski definition) is 7. The maximum Gasteiger partial charge on any atom is 0.490 e. The number of carbonyl (C=O) groups excluding carboxylic acids is 1. The number of carbonyl (C=O) groups is 2. The van der Waals surface area contributed by atoms with Gasteiger partial charge in [0.1, 0.15) is 5.01 Å². The van der Waals surface area contributed by atoms with Gasteiger partial charge in [-0.25, -0.2) is 9.78 Å². The van der Waals surface area contributed by atoms with Crippen molar-refractivity contribution in [3.63, 3.8) is 0 Å². The summed E-state index contributed by atoms with van der Waals surface area (Å²) >= 11 is 1.72. The average Bonchev–Trinajstić information content (AvgIpc) is 3.52. The number of amides is 1. The summed E-state index contributed by atoms with van der Waals surface area (Å²) in [6, 6.07) is 3.51. The van der Waals surface area contributed by atoms with E-state index >= 15 is 0 Å². The average molecular weight is 490 g/mol. The molecule has 0 saturated carbocycles. The molecule has 2 saturated heterocycles. The molecule has 2 aromatic heterocycles. The van der Waals surface area contributed by atoms with Crippen LogP contribution in [0.5, 0.6) is 0 Å². The number of methoxy groups -OCH3 is 1. The highest BCUT2D eigenvalue weighted by atomic mass is 32.1. The summed E-state index contributed by atoms with van der Waals surface area (Å²) in [6.45, 7) is 5.27. The smallest absolute Gasteiger partial charge is 0.475 e. The molecule has 1 N–H and O–H groups in total. The molecule has 1 unspecified atom stereocenters. The minimum Gasteiger partial charge on any atom is -0.475 e. The number of likely N-dealkylation sites (tertiary alicyclic amines) is 2. The Kier molecular flexibility index (Phi) is 8.14. The molecule has 2 aromatic rings. The molecular weight excluding hydrogens is 463 g/mol. The number of aromatic nitrogens is 1. The van der Waals surface area contributed by atoms with Gasteiger partial charge in [-0.3, -0.25) is 9.69 Å². The first-order chi connectivity index (χ1) is 15.6. The van der Waals surface area contributed by atoms with Crippen molar-refractivity contribution in [1.82, 2.24) is 14.8 Å². The van der Waals surface area contributed by atoms with Crippen molar-refractivity contribution in [1.29, 1.82) is 0 Å². The number of halogens is 3. The van der Waals surface area contributed by atoms with Crippen LogP contribution in [0.4, 0.5) is 13.2 Å². The number of alkyl halides is 3. The maximum absolute atomic E-state index is 12.7. The molecule has 2 fully saturated rings. The SMILES string of the molecule is COCC1CN(C(=O)c2ccco2)CC12CCN(Cc1nccs1)CC2.O=C(O)C(F)(F)F. The van der Waals surface area contributed by atoms with E-state index in [1.807, 2.05) is 16.5 Å². The number of piperidine rings is 1. The first-order valence-corrected chi connectivity index (χ1v) is 11.2. The van der Waals surface area contributed by atoms with E-state index in [1.165, 1.54) is 5.01 Å². The summed E-state index contributed by atoms with van der Waals surface area (Å²) in [5.74, 6) is -1.95. The molecule has 12 heteroatoms. The summed E-state index contributed by atoms with van der Waals surface area (Å²) in [7, 11) is 1.75. The second-order valence-electron chi connectivity index (χ2n) is 8.18. The number of rotatable bonds is 5. The van der Waals surface area contributed by atoms with E-state index in [-0.39, 0.29) is 11.3 Å². The van der Waals surface area contributed by atoms with Crippen LogP contribution in [0.15, 0.2) is 34.4 Å². The fourth-order valence-electron chi connectivity index (χ4n) is 4.42. The lowest BCUT2D eigenvalue weighted by Gasteiger charge is -2.42. The lowest BCUT2D eigenvalue weighted by atomic mass is 9.71. The van der Waals surface area contributed by atoms with E-state index in [0.717, 1.165) is 45.6 Å². The third kappa shape index (κ3) is 6.33. The number of furan rings is 1. The van der Waals surface area contributed by atoms with Crippen LogP contribution in [0.1, 0.15) is 28.4 Å². The Bertz CT molecular complexity index is 897. The molecule has 4 rings (SSSR count). The zero-order valence-corrected chi connectivity index (χ0v) is 18.9. The molecule has 2 aliphatic rings. The first-order valence-electron chi connectivity index (χ1n) is 10.4. The second-order valence-corrected chi connectivity index (χ2v) is 9.16. The van der Waals surface area contributed by atoms with Gasteiger partial charge in [-0.1, -0.05) is 0 Å². The lowest BCUT2D eigenvalue weighted by Crippen LogP contribution is -2.45. The van der Waals surface area contributed by atoms with Crippen molar-refractivity contribution in [2.24, 2.45) is 11.3 Å². The molecule has 1 amide bonds. The number of hydrogen-bond donors (Lipinski definition) is 1. The van der Waals surface area contributed by atoms with Gasteiger partial charge in [0.2, 0.25) is 0 Å². The highest BCUT2D eigenvalue weighted by Gasteiger charge is 2.49. The summed E-state index contributed by atoms with van der Waals surface area (Å²) in [5.41, 5.74) is 0.150. The molecule has 8 nitrogen and oxygen atoms in total. The zero-order chi connectivity index (χ0) is 24.1. The third-order valence-electron chi connectivity index (χ3n) is 6.14. The normalized spacial score (nSPS) is 20.5. The number of nitrogens with zero attached hydrogens (tertiary/aromatic N) is 3. The molecule has 182 valence electrons. The summed E-state index contributed by atoms with van der Waals surface area (Å²) in [5, 5.41) is 10.3. The standard InChI is InChI=1S/C19H25N3O3S.C2HF3O2/c1-24-13-15-11-22(18(23)16-3-2-9-25-16)14-19(15)4-7-21(8-5-19)12-17-20-6-10-26-17;3-2(4,5)1(6)7/h2-3,6,9-10,15H,4-5,7-8,11-14H2,1H3;(H,6,7). The number of carboxylic acids is 1. The van der Waals surface area contributed by atoms with Crippen molar-refractivity contribution in [3.05, 3.63) is 40.7 Å². The Morgan fingerprint density at radius 3 is 2.58 bits per heavy atom. The van der Waals surface area contributed by atoms with E-state index in [9.17, 15) is 18.0 Å². The predicted molar refractivity (Wildman–Crippen MR) is 113 cm³/mol. The van der Waals surface area contributed by atoms with Gasteiger partial charge >= 0.3 is 12.1 Å². The van der Waals surface area contributed by atoms with Crippen molar-refractivity contribution < 1.29 is 37.0 Å². The molecule has 1 atom stereocenters. The molecule has 0 radical (unpaired) electrons. The Morgan fingerprint density at radius 1 is 1.36 bits per heavy atom. The molecule has 0 aromatic carbocycles. The van der Waals surface area contributed by atoms with Gasteiger partial charge in [-0.2, -0.15) is 13.2 Å². The fourth-order valence-corrected chi connectivity index (χ4v) is 5.08. The minimum atomic E-state index is -5.08. The van der Waals surface area contributed by atoms with E-state index < -0.39 is 12.1 Å². The molecule has 0 bridgehead atoms. The van der Waals surface area contributed by atoms with Crippen LogP contribution in [-0.4, -0.2) is 77.8 Å². The van der Waals surface area contributed by atoms with Crippen LogP contribution in [0, 0.1) is 11.3 Å². The van der Waals surface area contributed by atoms with Gasteiger partial charge in [0.15, 0.2) is 5.76 Å². The molecule has 33 heavy (non-hydrogen) atoms. The van der Waals surface area contributed by atoms with E-state index in [0.29, 0.717) is 18.3 Å².